The van der Waals surface area contributed by atoms with Crippen molar-refractivity contribution in [2.24, 2.45) is 0 Å². The summed E-state index contributed by atoms with van der Waals surface area (Å²) in [6, 6.07) is -1.36. The van der Waals surface area contributed by atoms with Crippen molar-refractivity contribution in [2.75, 3.05) is 13.2 Å². The summed E-state index contributed by atoms with van der Waals surface area (Å²) >= 11 is 0. The molecule has 2 amide bonds. The zero-order valence-corrected chi connectivity index (χ0v) is 10.6. The van der Waals surface area contributed by atoms with Gasteiger partial charge in [0.15, 0.2) is 0 Å². The van der Waals surface area contributed by atoms with Crippen LogP contribution in [0.5, 0.6) is 0 Å². The molecule has 0 aliphatic carbocycles. The quantitative estimate of drug-likeness (QED) is 0.615. The minimum Gasteiger partial charge on any atom is -0.480 e. The highest BCUT2D eigenvalue weighted by Gasteiger charge is 2.23. The van der Waals surface area contributed by atoms with Crippen molar-refractivity contribution in [2.45, 2.75) is 45.7 Å². The molecule has 17 heavy (non-hydrogen) atoms. The second kappa shape index (κ2) is 7.89. The van der Waals surface area contributed by atoms with Gasteiger partial charge in [0.1, 0.15) is 6.04 Å². The first-order chi connectivity index (χ1) is 7.97. The fourth-order valence-corrected chi connectivity index (χ4v) is 1.62. The standard InChI is InChI=1S/C11H22N2O4/c1-4-9(5-2)13(6-7-14)11(17)12-8(3)10(15)16/h8-9,14H,4-7H2,1-3H3,(H,12,17)(H,15,16)/t8-/m1/s1. The molecule has 0 saturated heterocycles. The van der Waals surface area contributed by atoms with Crippen LogP contribution in [0.3, 0.4) is 0 Å². The number of nitrogens with one attached hydrogen (secondary N) is 1. The van der Waals surface area contributed by atoms with Crippen LogP contribution in [-0.2, 0) is 4.79 Å². The summed E-state index contributed by atoms with van der Waals surface area (Å²) in [6.07, 6.45) is 1.54. The van der Waals surface area contributed by atoms with E-state index in [2.05, 4.69) is 5.32 Å². The topological polar surface area (TPSA) is 89.9 Å². The van der Waals surface area contributed by atoms with Crippen molar-refractivity contribution < 1.29 is 19.8 Å². The molecule has 0 aromatic rings. The van der Waals surface area contributed by atoms with Gasteiger partial charge >= 0.3 is 12.0 Å². The number of urea groups is 1. The Morgan fingerprint density at radius 2 is 1.82 bits per heavy atom. The predicted molar refractivity (Wildman–Crippen MR) is 63.8 cm³/mol. The summed E-state index contributed by atoms with van der Waals surface area (Å²) in [5, 5.41) is 20.0. The number of nitrogens with zero attached hydrogens (tertiary/aromatic N) is 1. The van der Waals surface area contributed by atoms with Gasteiger partial charge in [-0.15, -0.1) is 0 Å². The molecule has 100 valence electrons. The Bertz CT molecular complexity index is 254. The van der Waals surface area contributed by atoms with E-state index in [9.17, 15) is 9.59 Å². The average Bonchev–Trinajstić information content (AvgIpc) is 2.29. The van der Waals surface area contributed by atoms with Gasteiger partial charge in [-0.2, -0.15) is 0 Å². The zero-order chi connectivity index (χ0) is 13.4. The van der Waals surface area contributed by atoms with Crippen LogP contribution in [0, 0.1) is 0 Å². The SMILES string of the molecule is CCC(CC)N(CCO)C(=O)N[C@H](C)C(=O)O. The highest BCUT2D eigenvalue weighted by molar-refractivity contribution is 5.82. The first-order valence-corrected chi connectivity index (χ1v) is 5.88. The fraction of sp³-hybridized carbons (Fsp3) is 0.818. The van der Waals surface area contributed by atoms with Crippen LogP contribution >= 0.6 is 0 Å². The largest absolute Gasteiger partial charge is 0.480 e. The number of carboxylic acids is 1. The summed E-state index contributed by atoms with van der Waals surface area (Å²) in [7, 11) is 0. The van der Waals surface area contributed by atoms with Crippen LogP contribution in [0.1, 0.15) is 33.6 Å². The smallest absolute Gasteiger partial charge is 0.325 e. The molecule has 0 rings (SSSR count). The van der Waals surface area contributed by atoms with Crippen LogP contribution in [0.2, 0.25) is 0 Å². The normalized spacial score (nSPS) is 12.3. The van der Waals surface area contributed by atoms with Gasteiger partial charge in [-0.1, -0.05) is 13.8 Å². The maximum absolute atomic E-state index is 11.8. The lowest BCUT2D eigenvalue weighted by Crippen LogP contribution is -2.51. The molecule has 0 aliphatic rings. The van der Waals surface area contributed by atoms with E-state index >= 15 is 0 Å². The number of hydrogen-bond donors (Lipinski definition) is 3. The van der Waals surface area contributed by atoms with Crippen molar-refractivity contribution in [3.8, 4) is 0 Å². The molecule has 0 spiro atoms. The molecule has 0 aromatic carbocycles. The van der Waals surface area contributed by atoms with Crippen LogP contribution < -0.4 is 5.32 Å². The van der Waals surface area contributed by atoms with Gasteiger partial charge in [-0.05, 0) is 19.8 Å². The van der Waals surface area contributed by atoms with E-state index < -0.39 is 18.0 Å². The lowest BCUT2D eigenvalue weighted by Gasteiger charge is -2.30. The summed E-state index contributed by atoms with van der Waals surface area (Å²) in [5.74, 6) is -1.08. The molecule has 0 fully saturated rings. The summed E-state index contributed by atoms with van der Waals surface area (Å²) in [5.41, 5.74) is 0. The van der Waals surface area contributed by atoms with Crippen molar-refractivity contribution >= 4 is 12.0 Å². The number of carboxylic acid groups (broad SMARTS) is 1. The van der Waals surface area contributed by atoms with E-state index in [1.807, 2.05) is 13.8 Å². The Morgan fingerprint density at radius 3 is 2.18 bits per heavy atom. The van der Waals surface area contributed by atoms with Crippen LogP contribution in [0.4, 0.5) is 4.79 Å². The molecule has 1 atom stereocenters. The molecule has 0 aromatic heterocycles. The second-order valence-corrected chi connectivity index (χ2v) is 3.90. The first-order valence-electron chi connectivity index (χ1n) is 5.88. The van der Waals surface area contributed by atoms with Gasteiger partial charge in [0.25, 0.3) is 0 Å². The van der Waals surface area contributed by atoms with Gasteiger partial charge < -0.3 is 20.4 Å². The lowest BCUT2D eigenvalue weighted by molar-refractivity contribution is -0.138. The number of aliphatic hydroxyl groups excluding tert-OH is 1. The Balaban J connectivity index is 4.58. The third-order valence-corrected chi connectivity index (χ3v) is 2.70. The number of carbonyl (C=O) groups is 2. The first kappa shape index (κ1) is 15.7. The lowest BCUT2D eigenvalue weighted by atomic mass is 10.1. The minimum atomic E-state index is -1.08. The fourth-order valence-electron chi connectivity index (χ4n) is 1.62. The van der Waals surface area contributed by atoms with Crippen LogP contribution in [0.15, 0.2) is 0 Å². The molecular weight excluding hydrogens is 224 g/mol. The number of hydrogen-bond acceptors (Lipinski definition) is 3. The highest BCUT2D eigenvalue weighted by atomic mass is 16.4. The third kappa shape index (κ3) is 5.04. The minimum absolute atomic E-state index is 0.0168. The van der Waals surface area contributed by atoms with Gasteiger partial charge in [-0.25, -0.2) is 4.79 Å². The Hall–Kier alpha value is -1.30. The Kier molecular flexibility index (Phi) is 7.29. The molecule has 6 heteroatoms. The van der Waals surface area contributed by atoms with Gasteiger partial charge in [-0.3, -0.25) is 4.79 Å². The number of aliphatic carboxylic acids is 1. The van der Waals surface area contributed by atoms with Crippen molar-refractivity contribution in [1.82, 2.24) is 10.2 Å². The average molecular weight is 246 g/mol. The van der Waals surface area contributed by atoms with Gasteiger partial charge in [0, 0.05) is 12.6 Å². The molecule has 0 saturated carbocycles. The molecule has 0 aliphatic heterocycles. The van der Waals surface area contributed by atoms with E-state index in [1.165, 1.54) is 11.8 Å². The molecule has 6 nitrogen and oxygen atoms in total. The van der Waals surface area contributed by atoms with Crippen LogP contribution in [-0.4, -0.2) is 52.3 Å². The van der Waals surface area contributed by atoms with E-state index in [0.29, 0.717) is 0 Å². The maximum atomic E-state index is 11.8. The van der Waals surface area contributed by atoms with Crippen molar-refractivity contribution in [1.29, 1.82) is 0 Å². The van der Waals surface area contributed by atoms with Crippen molar-refractivity contribution in [3.05, 3.63) is 0 Å². The summed E-state index contributed by atoms with van der Waals surface area (Å²) in [4.78, 5) is 24.0. The molecule has 0 radical (unpaired) electrons. The molecule has 0 bridgehead atoms. The predicted octanol–water partition coefficient (Wildman–Crippen LogP) is 0.652. The maximum Gasteiger partial charge on any atom is 0.325 e. The van der Waals surface area contributed by atoms with E-state index in [4.69, 9.17) is 10.2 Å². The summed E-state index contributed by atoms with van der Waals surface area (Å²) < 4.78 is 0. The van der Waals surface area contributed by atoms with E-state index in [1.54, 1.807) is 0 Å². The van der Waals surface area contributed by atoms with Gasteiger partial charge in [0.2, 0.25) is 0 Å². The number of amides is 2. The highest BCUT2D eigenvalue weighted by Crippen LogP contribution is 2.08. The number of rotatable bonds is 7. The Morgan fingerprint density at radius 1 is 1.29 bits per heavy atom. The molecular formula is C11H22N2O4. The van der Waals surface area contributed by atoms with E-state index in [0.717, 1.165) is 12.8 Å². The zero-order valence-electron chi connectivity index (χ0n) is 10.6. The molecule has 0 heterocycles. The monoisotopic (exact) mass is 246 g/mol. The van der Waals surface area contributed by atoms with Gasteiger partial charge in [0.05, 0.1) is 6.61 Å². The summed E-state index contributed by atoms with van der Waals surface area (Å²) in [6.45, 7) is 5.39. The second-order valence-electron chi connectivity index (χ2n) is 3.90. The number of aliphatic hydroxyl groups is 1. The van der Waals surface area contributed by atoms with Crippen molar-refractivity contribution in [3.63, 3.8) is 0 Å². The Labute approximate surface area is 102 Å². The third-order valence-electron chi connectivity index (χ3n) is 2.70. The van der Waals surface area contributed by atoms with Crippen LogP contribution in [0.25, 0.3) is 0 Å². The molecule has 3 N–H and O–H groups in total. The van der Waals surface area contributed by atoms with E-state index in [-0.39, 0.29) is 19.2 Å². The number of carbonyl (C=O) groups excluding carboxylic acids is 1. The molecule has 0 unspecified atom stereocenters.